The van der Waals surface area contributed by atoms with Crippen molar-refractivity contribution in [1.82, 2.24) is 9.88 Å². The molecule has 1 aliphatic heterocycles. The largest absolute Gasteiger partial charge is 0.366 e. The van der Waals surface area contributed by atoms with Gasteiger partial charge in [-0.1, -0.05) is 6.58 Å². The normalized spacial score (nSPS) is 22.5. The number of fused-ring (bicyclic) bond motifs is 3. The van der Waals surface area contributed by atoms with Gasteiger partial charge in [0.2, 0.25) is 5.91 Å². The molecule has 152 valence electrons. The number of hydrogen-bond acceptors (Lipinski definition) is 2. The smallest absolute Gasteiger partial charge is 0.250 e. The molecule has 6 heteroatoms. The quantitative estimate of drug-likeness (QED) is 0.780. The van der Waals surface area contributed by atoms with Crippen molar-refractivity contribution in [2.45, 2.75) is 50.9 Å². The van der Waals surface area contributed by atoms with Crippen molar-refractivity contribution >= 4 is 22.7 Å². The summed E-state index contributed by atoms with van der Waals surface area (Å²) in [7, 11) is 0. The minimum Gasteiger partial charge on any atom is -0.366 e. The van der Waals surface area contributed by atoms with E-state index in [1.807, 2.05) is 0 Å². The molecule has 2 aliphatic carbocycles. The predicted molar refractivity (Wildman–Crippen MR) is 109 cm³/mol. The number of rotatable bonds is 3. The van der Waals surface area contributed by atoms with Crippen LogP contribution in [0.4, 0.5) is 4.39 Å². The number of aryl methyl sites for hydroxylation is 1. The van der Waals surface area contributed by atoms with Crippen molar-refractivity contribution in [3.05, 3.63) is 46.9 Å². The number of nitrogens with zero attached hydrogens (tertiary/aromatic N) is 1. The standard InChI is InChI=1S/C23H26FN3O2/c1-2-18(28)27-9-3-4-13(12-27)19-16(24)10-14(22(25)29)21-20(19)15-11-23(7-8-23)6-5-17(15)26-21/h2,10,13,26H,1,3-9,11-12H2,(H2,25,29)/t13-/m0/s1. The maximum Gasteiger partial charge on any atom is 0.250 e. The average Bonchev–Trinajstić information content (AvgIpc) is 3.37. The maximum atomic E-state index is 15.4. The number of hydrogen-bond donors (Lipinski definition) is 2. The topological polar surface area (TPSA) is 79.2 Å². The highest BCUT2D eigenvalue weighted by atomic mass is 19.1. The molecule has 29 heavy (non-hydrogen) atoms. The second kappa shape index (κ2) is 6.44. The van der Waals surface area contributed by atoms with E-state index in [-0.39, 0.29) is 23.2 Å². The van der Waals surface area contributed by atoms with Crippen LogP contribution in [0, 0.1) is 11.2 Å². The molecule has 1 aromatic heterocycles. The number of nitrogens with two attached hydrogens (primary N) is 1. The molecule has 3 N–H and O–H groups in total. The first kappa shape index (κ1) is 18.4. The van der Waals surface area contributed by atoms with Crippen molar-refractivity contribution in [1.29, 1.82) is 0 Å². The Kier molecular flexibility index (Phi) is 4.09. The molecule has 1 saturated carbocycles. The number of piperidine rings is 1. The molecule has 0 unspecified atom stereocenters. The van der Waals surface area contributed by atoms with Gasteiger partial charge in [-0.3, -0.25) is 9.59 Å². The van der Waals surface area contributed by atoms with Gasteiger partial charge in [0.05, 0.1) is 11.1 Å². The Morgan fingerprint density at radius 2 is 2.14 bits per heavy atom. The third-order valence-electron chi connectivity index (χ3n) is 7.25. The third-order valence-corrected chi connectivity index (χ3v) is 7.25. The zero-order valence-corrected chi connectivity index (χ0v) is 16.5. The van der Waals surface area contributed by atoms with Gasteiger partial charge in [0.25, 0.3) is 5.91 Å². The van der Waals surface area contributed by atoms with Gasteiger partial charge >= 0.3 is 0 Å². The second-order valence-corrected chi connectivity index (χ2v) is 9.02. The van der Waals surface area contributed by atoms with Gasteiger partial charge in [-0.2, -0.15) is 0 Å². The number of amides is 2. The summed E-state index contributed by atoms with van der Waals surface area (Å²) in [5.41, 5.74) is 9.75. The molecule has 0 bridgehead atoms. The van der Waals surface area contributed by atoms with E-state index in [0.29, 0.717) is 29.6 Å². The van der Waals surface area contributed by atoms with Gasteiger partial charge in [-0.15, -0.1) is 0 Å². The Hall–Kier alpha value is -2.63. The fraction of sp³-hybridized carbons (Fsp3) is 0.478. The number of aromatic amines is 1. The average molecular weight is 395 g/mol. The van der Waals surface area contributed by atoms with Crippen molar-refractivity contribution in [3.8, 4) is 0 Å². The maximum absolute atomic E-state index is 15.4. The summed E-state index contributed by atoms with van der Waals surface area (Å²) < 4.78 is 15.4. The van der Waals surface area contributed by atoms with E-state index in [1.165, 1.54) is 25.0 Å². The monoisotopic (exact) mass is 395 g/mol. The molecule has 5 rings (SSSR count). The van der Waals surface area contributed by atoms with Crippen LogP contribution in [0.2, 0.25) is 0 Å². The highest BCUT2D eigenvalue weighted by Gasteiger charge is 2.46. The molecule has 1 spiro atoms. The lowest BCUT2D eigenvalue weighted by Crippen LogP contribution is -2.38. The molecule has 5 nitrogen and oxygen atoms in total. The van der Waals surface area contributed by atoms with Gasteiger partial charge in [0, 0.05) is 35.7 Å². The number of nitrogens with one attached hydrogen (secondary N) is 1. The van der Waals surface area contributed by atoms with E-state index in [9.17, 15) is 9.59 Å². The summed E-state index contributed by atoms with van der Waals surface area (Å²) in [6.07, 6.45) is 8.39. The Morgan fingerprint density at radius 1 is 1.34 bits per heavy atom. The Labute approximate surface area is 169 Å². The van der Waals surface area contributed by atoms with Crippen molar-refractivity contribution in [3.63, 3.8) is 0 Å². The van der Waals surface area contributed by atoms with Crippen molar-refractivity contribution < 1.29 is 14.0 Å². The fourth-order valence-corrected chi connectivity index (χ4v) is 5.49. The first-order valence-corrected chi connectivity index (χ1v) is 10.5. The zero-order chi connectivity index (χ0) is 20.3. The van der Waals surface area contributed by atoms with E-state index < -0.39 is 5.91 Å². The number of H-pyrrole nitrogens is 1. The van der Waals surface area contributed by atoms with Crippen LogP contribution in [0.1, 0.15) is 65.2 Å². The van der Waals surface area contributed by atoms with Gasteiger partial charge in [-0.05, 0) is 68.1 Å². The van der Waals surface area contributed by atoms with Crippen LogP contribution < -0.4 is 5.73 Å². The molecule has 2 heterocycles. The summed E-state index contributed by atoms with van der Waals surface area (Å²) in [5.74, 6) is -1.23. The van der Waals surface area contributed by atoms with Gasteiger partial charge < -0.3 is 15.6 Å². The lowest BCUT2D eigenvalue weighted by atomic mass is 9.80. The first-order valence-electron chi connectivity index (χ1n) is 10.5. The third kappa shape index (κ3) is 2.88. The summed E-state index contributed by atoms with van der Waals surface area (Å²) in [4.78, 5) is 29.4. The van der Waals surface area contributed by atoms with Crippen LogP contribution in [0.5, 0.6) is 0 Å². The minimum absolute atomic E-state index is 0.103. The molecule has 2 aromatic rings. The van der Waals surface area contributed by atoms with Crippen molar-refractivity contribution in [2.75, 3.05) is 13.1 Å². The number of carbonyl (C=O) groups excluding carboxylic acids is 2. The molecule has 0 radical (unpaired) electrons. The van der Waals surface area contributed by atoms with E-state index in [0.717, 1.165) is 48.7 Å². The summed E-state index contributed by atoms with van der Waals surface area (Å²) in [5, 5.41) is 0.845. The van der Waals surface area contributed by atoms with Crippen LogP contribution in [0.25, 0.3) is 10.9 Å². The number of primary amides is 1. The minimum atomic E-state index is -0.618. The molecule has 2 fully saturated rings. The number of aromatic nitrogens is 1. The first-order chi connectivity index (χ1) is 13.9. The Bertz CT molecular complexity index is 1050. The van der Waals surface area contributed by atoms with Gasteiger partial charge in [-0.25, -0.2) is 4.39 Å². The molecule has 3 aliphatic rings. The van der Waals surface area contributed by atoms with E-state index in [1.54, 1.807) is 4.90 Å². The second-order valence-electron chi connectivity index (χ2n) is 9.02. The van der Waals surface area contributed by atoms with Crippen LogP contribution >= 0.6 is 0 Å². The molecule has 1 aromatic carbocycles. The number of carbonyl (C=O) groups is 2. The highest BCUT2D eigenvalue weighted by Crippen LogP contribution is 2.56. The molecule has 2 amide bonds. The summed E-state index contributed by atoms with van der Waals surface area (Å²) in [6, 6.07) is 1.28. The molecular weight excluding hydrogens is 369 g/mol. The lowest BCUT2D eigenvalue weighted by Gasteiger charge is -2.33. The van der Waals surface area contributed by atoms with E-state index in [4.69, 9.17) is 5.73 Å². The van der Waals surface area contributed by atoms with Crippen LogP contribution in [0.3, 0.4) is 0 Å². The lowest BCUT2D eigenvalue weighted by molar-refractivity contribution is -0.127. The van der Waals surface area contributed by atoms with Crippen LogP contribution in [0.15, 0.2) is 18.7 Å². The number of likely N-dealkylation sites (tertiary alicyclic amines) is 1. The molecule has 1 atom stereocenters. The van der Waals surface area contributed by atoms with Crippen molar-refractivity contribution in [2.24, 2.45) is 11.1 Å². The number of halogens is 1. The van der Waals surface area contributed by atoms with E-state index >= 15 is 4.39 Å². The molecular formula is C23H26FN3O2. The Balaban J connectivity index is 1.69. The SMILES string of the molecule is C=CC(=O)N1CCC[C@H](c2c(F)cc(C(N)=O)c3[nH]c4c(c23)CC2(CC4)CC2)C1. The predicted octanol–water partition coefficient (Wildman–Crippen LogP) is 3.57. The fourth-order valence-electron chi connectivity index (χ4n) is 5.49. The molecule has 1 saturated heterocycles. The van der Waals surface area contributed by atoms with Crippen LogP contribution in [-0.2, 0) is 17.6 Å². The van der Waals surface area contributed by atoms with Gasteiger partial charge in [0.1, 0.15) is 5.82 Å². The van der Waals surface area contributed by atoms with E-state index in [2.05, 4.69) is 11.6 Å². The Morgan fingerprint density at radius 3 is 2.83 bits per heavy atom. The highest BCUT2D eigenvalue weighted by molar-refractivity contribution is 6.07. The number of benzene rings is 1. The zero-order valence-electron chi connectivity index (χ0n) is 16.5. The van der Waals surface area contributed by atoms with Gasteiger partial charge in [0.15, 0.2) is 0 Å². The summed E-state index contributed by atoms with van der Waals surface area (Å²) in [6.45, 7) is 4.72. The summed E-state index contributed by atoms with van der Waals surface area (Å²) >= 11 is 0. The van der Waals surface area contributed by atoms with Crippen LogP contribution in [-0.4, -0.2) is 34.8 Å².